The molecule has 0 saturated carbocycles. The van der Waals surface area contributed by atoms with Crippen LogP contribution in [0.3, 0.4) is 0 Å². The minimum Gasteiger partial charge on any atom is -0.508 e. The summed E-state index contributed by atoms with van der Waals surface area (Å²) in [5, 5.41) is 9.35. The third-order valence-corrected chi connectivity index (χ3v) is 3.52. The summed E-state index contributed by atoms with van der Waals surface area (Å²) in [7, 11) is 0. The number of nitrogens with zero attached hydrogens (tertiary/aromatic N) is 1. The van der Waals surface area contributed by atoms with E-state index in [0.717, 1.165) is 19.6 Å². The number of aromatic hydroxyl groups is 1. The van der Waals surface area contributed by atoms with Gasteiger partial charge in [-0.25, -0.2) is 0 Å². The molecule has 1 fully saturated rings. The van der Waals surface area contributed by atoms with E-state index in [1.807, 2.05) is 0 Å². The van der Waals surface area contributed by atoms with Crippen molar-refractivity contribution in [2.75, 3.05) is 19.6 Å². The van der Waals surface area contributed by atoms with Crippen LogP contribution in [0.2, 0.25) is 0 Å². The Kier molecular flexibility index (Phi) is 6.89. The van der Waals surface area contributed by atoms with Crippen LogP contribution in [0.15, 0.2) is 24.3 Å². The van der Waals surface area contributed by atoms with Gasteiger partial charge in [-0.05, 0) is 38.1 Å². The predicted molar refractivity (Wildman–Crippen MR) is 79.2 cm³/mol. The van der Waals surface area contributed by atoms with Gasteiger partial charge in [0.2, 0.25) is 0 Å². The van der Waals surface area contributed by atoms with E-state index < -0.39 is 0 Å². The minimum atomic E-state index is 0. The molecule has 1 aromatic rings. The smallest absolute Gasteiger partial charge is 0.164 e. The second-order valence-electron chi connectivity index (χ2n) is 4.98. The van der Waals surface area contributed by atoms with Gasteiger partial charge in [0.25, 0.3) is 0 Å². The van der Waals surface area contributed by atoms with Crippen molar-refractivity contribution in [2.45, 2.75) is 32.1 Å². The molecule has 3 nitrogen and oxygen atoms in total. The third-order valence-electron chi connectivity index (χ3n) is 3.52. The molecule has 1 N–H and O–H groups in total. The largest absolute Gasteiger partial charge is 0.508 e. The molecule has 1 heterocycles. The topological polar surface area (TPSA) is 40.5 Å². The molecule has 0 aromatic heterocycles. The zero-order valence-electron chi connectivity index (χ0n) is 11.2. The normalized spacial score (nSPS) is 16.4. The maximum atomic E-state index is 12.0. The lowest BCUT2D eigenvalue weighted by Gasteiger charge is -2.18. The lowest BCUT2D eigenvalue weighted by atomic mass is 10.1. The average Bonchev–Trinajstić information content (AvgIpc) is 2.64. The monoisotopic (exact) mass is 283 g/mol. The lowest BCUT2D eigenvalue weighted by molar-refractivity contribution is 0.0964. The van der Waals surface area contributed by atoms with E-state index in [9.17, 15) is 9.90 Å². The first kappa shape index (κ1) is 16.0. The number of ketones is 1. The van der Waals surface area contributed by atoms with Gasteiger partial charge in [-0.15, -0.1) is 12.4 Å². The highest BCUT2D eigenvalue weighted by atomic mass is 35.5. The molecule has 106 valence electrons. The molecule has 0 amide bonds. The molecular formula is C15H22ClNO2. The predicted octanol–water partition coefficient (Wildman–Crippen LogP) is 3.26. The van der Waals surface area contributed by atoms with E-state index in [1.165, 1.54) is 25.7 Å². The maximum Gasteiger partial charge on any atom is 0.164 e. The first-order chi connectivity index (χ1) is 8.75. The fraction of sp³-hybridized carbons (Fsp3) is 0.533. The number of hydrogen-bond donors (Lipinski definition) is 1. The average molecular weight is 284 g/mol. The molecule has 19 heavy (non-hydrogen) atoms. The lowest BCUT2D eigenvalue weighted by Crippen LogP contribution is -2.27. The Balaban J connectivity index is 0.00000180. The first-order valence-electron chi connectivity index (χ1n) is 6.80. The Hall–Kier alpha value is -1.06. The molecule has 0 aliphatic carbocycles. The quantitative estimate of drug-likeness (QED) is 0.862. The van der Waals surface area contributed by atoms with Crippen LogP contribution >= 0.6 is 12.4 Å². The number of halogens is 1. The van der Waals surface area contributed by atoms with Crippen molar-refractivity contribution in [2.24, 2.45) is 0 Å². The van der Waals surface area contributed by atoms with Crippen molar-refractivity contribution in [1.82, 2.24) is 4.90 Å². The van der Waals surface area contributed by atoms with Crippen LogP contribution < -0.4 is 0 Å². The highest BCUT2D eigenvalue weighted by molar-refractivity contribution is 5.96. The van der Waals surface area contributed by atoms with Crippen LogP contribution in [-0.4, -0.2) is 35.4 Å². The van der Waals surface area contributed by atoms with Crippen LogP contribution in [0.4, 0.5) is 0 Å². The molecular weight excluding hydrogens is 262 g/mol. The molecule has 1 saturated heterocycles. The number of rotatable bonds is 4. The molecule has 0 spiro atoms. The van der Waals surface area contributed by atoms with Gasteiger partial charge in [-0.2, -0.15) is 0 Å². The summed E-state index contributed by atoms with van der Waals surface area (Å²) in [5.41, 5.74) is 0.616. The van der Waals surface area contributed by atoms with Crippen LogP contribution in [0.1, 0.15) is 42.5 Å². The number of phenolic OH excluding ortho intramolecular Hbond substituents is 1. The number of likely N-dealkylation sites (tertiary alicyclic amines) is 1. The second-order valence-corrected chi connectivity index (χ2v) is 4.98. The minimum absolute atomic E-state index is 0. The molecule has 0 atom stereocenters. The van der Waals surface area contributed by atoms with E-state index in [4.69, 9.17) is 0 Å². The SMILES string of the molecule is Cl.O=C(CCN1CCCCCC1)c1cccc(O)c1. The van der Waals surface area contributed by atoms with Gasteiger partial charge in [0.15, 0.2) is 5.78 Å². The summed E-state index contributed by atoms with van der Waals surface area (Å²) in [6, 6.07) is 6.62. The summed E-state index contributed by atoms with van der Waals surface area (Å²) in [5.74, 6) is 0.283. The summed E-state index contributed by atoms with van der Waals surface area (Å²) in [6.45, 7) is 3.08. The van der Waals surface area contributed by atoms with E-state index in [1.54, 1.807) is 24.3 Å². The third kappa shape index (κ3) is 5.21. The van der Waals surface area contributed by atoms with Crippen molar-refractivity contribution in [3.05, 3.63) is 29.8 Å². The fourth-order valence-corrected chi connectivity index (χ4v) is 2.44. The van der Waals surface area contributed by atoms with E-state index >= 15 is 0 Å². The van der Waals surface area contributed by atoms with Crippen LogP contribution in [-0.2, 0) is 0 Å². The van der Waals surface area contributed by atoms with Gasteiger partial charge in [0.05, 0.1) is 0 Å². The second kappa shape index (κ2) is 8.18. The molecule has 0 radical (unpaired) electrons. The fourth-order valence-electron chi connectivity index (χ4n) is 2.44. The molecule has 0 unspecified atom stereocenters. The number of hydrogen-bond acceptors (Lipinski definition) is 3. The van der Waals surface area contributed by atoms with Crippen molar-refractivity contribution in [3.63, 3.8) is 0 Å². The summed E-state index contributed by atoms with van der Waals surface area (Å²) in [4.78, 5) is 14.4. The van der Waals surface area contributed by atoms with Crippen LogP contribution in [0.5, 0.6) is 5.75 Å². The van der Waals surface area contributed by atoms with Gasteiger partial charge < -0.3 is 10.0 Å². The number of Topliss-reactive ketones (excluding diaryl/α,β-unsaturated/α-hetero) is 1. The van der Waals surface area contributed by atoms with Crippen molar-refractivity contribution >= 4 is 18.2 Å². The van der Waals surface area contributed by atoms with Crippen molar-refractivity contribution < 1.29 is 9.90 Å². The molecule has 4 heteroatoms. The molecule has 1 aliphatic heterocycles. The van der Waals surface area contributed by atoms with Crippen LogP contribution in [0.25, 0.3) is 0 Å². The van der Waals surface area contributed by atoms with Gasteiger partial charge in [0.1, 0.15) is 5.75 Å². The Labute approximate surface area is 121 Å². The van der Waals surface area contributed by atoms with E-state index in [2.05, 4.69) is 4.90 Å². The van der Waals surface area contributed by atoms with Crippen molar-refractivity contribution in [3.8, 4) is 5.75 Å². The Bertz CT molecular complexity index is 401. The Morgan fingerprint density at radius 2 is 1.84 bits per heavy atom. The molecule has 1 aliphatic rings. The van der Waals surface area contributed by atoms with Gasteiger partial charge >= 0.3 is 0 Å². The Morgan fingerprint density at radius 3 is 2.47 bits per heavy atom. The van der Waals surface area contributed by atoms with Gasteiger partial charge in [-0.3, -0.25) is 4.79 Å². The van der Waals surface area contributed by atoms with Crippen LogP contribution in [0, 0.1) is 0 Å². The van der Waals surface area contributed by atoms with Crippen molar-refractivity contribution in [1.29, 1.82) is 0 Å². The zero-order valence-corrected chi connectivity index (χ0v) is 12.0. The number of carbonyl (C=O) groups excluding carboxylic acids is 1. The Morgan fingerprint density at radius 1 is 1.16 bits per heavy atom. The van der Waals surface area contributed by atoms with Gasteiger partial charge in [-0.1, -0.05) is 25.0 Å². The molecule has 1 aromatic carbocycles. The number of phenols is 1. The maximum absolute atomic E-state index is 12.0. The van der Waals surface area contributed by atoms with E-state index in [0.29, 0.717) is 12.0 Å². The standard InChI is InChI=1S/C15H21NO2.ClH/c17-14-7-5-6-13(12-14)15(18)8-11-16-9-3-1-2-4-10-16;/h5-7,12,17H,1-4,8-11H2;1H. The summed E-state index contributed by atoms with van der Waals surface area (Å²) >= 11 is 0. The first-order valence-corrected chi connectivity index (χ1v) is 6.80. The number of benzene rings is 1. The van der Waals surface area contributed by atoms with E-state index in [-0.39, 0.29) is 23.9 Å². The number of carbonyl (C=O) groups is 1. The summed E-state index contributed by atoms with van der Waals surface area (Å²) in [6.07, 6.45) is 5.68. The highest BCUT2D eigenvalue weighted by Gasteiger charge is 2.12. The van der Waals surface area contributed by atoms with Gasteiger partial charge in [0, 0.05) is 18.5 Å². The zero-order chi connectivity index (χ0) is 12.8. The summed E-state index contributed by atoms with van der Waals surface area (Å²) < 4.78 is 0. The molecule has 0 bridgehead atoms. The highest BCUT2D eigenvalue weighted by Crippen LogP contribution is 2.14. The molecule has 2 rings (SSSR count).